The SMILES string of the molecule is CC(=O)Cc1cccc(Cl)c1Cl. The zero-order valence-electron chi connectivity index (χ0n) is 6.60. The molecular formula is C9H8Cl2O. The van der Waals surface area contributed by atoms with Crippen LogP contribution in [-0.2, 0) is 11.2 Å². The second kappa shape index (κ2) is 3.92. The Hall–Kier alpha value is -0.530. The molecule has 0 saturated carbocycles. The fourth-order valence-corrected chi connectivity index (χ4v) is 1.34. The van der Waals surface area contributed by atoms with Crippen LogP contribution in [-0.4, -0.2) is 5.78 Å². The number of hydrogen-bond donors (Lipinski definition) is 0. The lowest BCUT2D eigenvalue weighted by Crippen LogP contribution is -1.96. The minimum absolute atomic E-state index is 0.0826. The fraction of sp³-hybridized carbons (Fsp3) is 0.222. The molecule has 1 rings (SSSR count). The van der Waals surface area contributed by atoms with Crippen LogP contribution in [0.4, 0.5) is 0 Å². The van der Waals surface area contributed by atoms with Gasteiger partial charge in [-0.25, -0.2) is 0 Å². The van der Waals surface area contributed by atoms with Crippen molar-refractivity contribution in [2.24, 2.45) is 0 Å². The highest BCUT2D eigenvalue weighted by Crippen LogP contribution is 2.25. The molecule has 0 radical (unpaired) electrons. The molecule has 0 amide bonds. The molecule has 0 N–H and O–H groups in total. The van der Waals surface area contributed by atoms with Crippen molar-refractivity contribution in [3.8, 4) is 0 Å². The van der Waals surface area contributed by atoms with Gasteiger partial charge in [0.25, 0.3) is 0 Å². The minimum atomic E-state index is 0.0826. The van der Waals surface area contributed by atoms with E-state index in [-0.39, 0.29) is 5.78 Å². The summed E-state index contributed by atoms with van der Waals surface area (Å²) in [5.74, 6) is 0.0826. The summed E-state index contributed by atoms with van der Waals surface area (Å²) in [5.41, 5.74) is 0.789. The van der Waals surface area contributed by atoms with E-state index >= 15 is 0 Å². The third-order valence-electron chi connectivity index (χ3n) is 1.47. The first kappa shape index (κ1) is 9.56. The average Bonchev–Trinajstić information content (AvgIpc) is 1.98. The highest BCUT2D eigenvalue weighted by Gasteiger charge is 2.05. The molecule has 0 saturated heterocycles. The van der Waals surface area contributed by atoms with Crippen LogP contribution in [0.25, 0.3) is 0 Å². The van der Waals surface area contributed by atoms with Gasteiger partial charge >= 0.3 is 0 Å². The van der Waals surface area contributed by atoms with E-state index in [1.165, 1.54) is 6.92 Å². The van der Waals surface area contributed by atoms with E-state index < -0.39 is 0 Å². The Bertz CT molecular complexity index is 307. The summed E-state index contributed by atoms with van der Waals surface area (Å²) in [7, 11) is 0. The Kier molecular flexibility index (Phi) is 3.12. The summed E-state index contributed by atoms with van der Waals surface area (Å²) in [5, 5.41) is 0.977. The standard InChI is InChI=1S/C9H8Cl2O/c1-6(12)5-7-3-2-4-8(10)9(7)11/h2-4H,5H2,1H3. The lowest BCUT2D eigenvalue weighted by molar-refractivity contribution is -0.116. The Morgan fingerprint density at radius 1 is 1.42 bits per heavy atom. The van der Waals surface area contributed by atoms with Crippen LogP contribution >= 0.6 is 23.2 Å². The summed E-state index contributed by atoms with van der Waals surface area (Å²) in [6.07, 6.45) is 0.347. The van der Waals surface area contributed by atoms with E-state index in [1.807, 2.05) is 0 Å². The topological polar surface area (TPSA) is 17.1 Å². The van der Waals surface area contributed by atoms with Gasteiger partial charge in [-0.3, -0.25) is 4.79 Å². The molecule has 12 heavy (non-hydrogen) atoms. The maximum absolute atomic E-state index is 10.8. The average molecular weight is 203 g/mol. The van der Waals surface area contributed by atoms with Crippen molar-refractivity contribution in [2.75, 3.05) is 0 Å². The van der Waals surface area contributed by atoms with Crippen LogP contribution in [0.5, 0.6) is 0 Å². The van der Waals surface area contributed by atoms with Crippen LogP contribution < -0.4 is 0 Å². The quantitative estimate of drug-likeness (QED) is 0.721. The summed E-state index contributed by atoms with van der Waals surface area (Å²) in [4.78, 5) is 10.8. The maximum atomic E-state index is 10.8. The van der Waals surface area contributed by atoms with Gasteiger partial charge in [-0.2, -0.15) is 0 Å². The second-order valence-electron chi connectivity index (χ2n) is 2.59. The van der Waals surface area contributed by atoms with Crippen molar-refractivity contribution in [3.05, 3.63) is 33.8 Å². The number of Topliss-reactive ketones (excluding diaryl/α,β-unsaturated/α-hetero) is 1. The Morgan fingerprint density at radius 2 is 2.08 bits per heavy atom. The van der Waals surface area contributed by atoms with Crippen LogP contribution in [0.1, 0.15) is 12.5 Å². The normalized spacial score (nSPS) is 9.92. The number of rotatable bonds is 2. The van der Waals surface area contributed by atoms with Crippen molar-refractivity contribution in [3.63, 3.8) is 0 Å². The third kappa shape index (κ3) is 2.23. The van der Waals surface area contributed by atoms with Gasteiger partial charge < -0.3 is 0 Å². The Morgan fingerprint density at radius 3 is 2.67 bits per heavy atom. The van der Waals surface area contributed by atoms with Crippen LogP contribution in [0.3, 0.4) is 0 Å². The summed E-state index contributed by atoms with van der Waals surface area (Å²) in [6.45, 7) is 1.53. The van der Waals surface area contributed by atoms with Crippen molar-refractivity contribution in [1.82, 2.24) is 0 Å². The van der Waals surface area contributed by atoms with Gasteiger partial charge in [0.15, 0.2) is 0 Å². The van der Waals surface area contributed by atoms with Gasteiger partial charge in [-0.15, -0.1) is 0 Å². The number of hydrogen-bond acceptors (Lipinski definition) is 1. The predicted molar refractivity (Wildman–Crippen MR) is 50.8 cm³/mol. The molecule has 64 valence electrons. The first-order chi connectivity index (χ1) is 5.61. The molecule has 0 heterocycles. The van der Waals surface area contributed by atoms with Crippen LogP contribution in [0.2, 0.25) is 10.0 Å². The number of halogens is 2. The number of ketones is 1. The van der Waals surface area contributed by atoms with Gasteiger partial charge in [-0.05, 0) is 18.6 Å². The van der Waals surface area contributed by atoms with E-state index in [1.54, 1.807) is 18.2 Å². The van der Waals surface area contributed by atoms with Gasteiger partial charge in [0, 0.05) is 6.42 Å². The second-order valence-corrected chi connectivity index (χ2v) is 3.38. The molecule has 0 aliphatic carbocycles. The highest BCUT2D eigenvalue weighted by molar-refractivity contribution is 6.42. The van der Waals surface area contributed by atoms with E-state index in [0.29, 0.717) is 16.5 Å². The minimum Gasteiger partial charge on any atom is -0.300 e. The smallest absolute Gasteiger partial charge is 0.134 e. The van der Waals surface area contributed by atoms with E-state index in [4.69, 9.17) is 23.2 Å². The summed E-state index contributed by atoms with van der Waals surface area (Å²) in [6, 6.07) is 5.29. The molecule has 0 aliphatic heterocycles. The fourth-order valence-electron chi connectivity index (χ4n) is 0.953. The number of carbonyl (C=O) groups excluding carboxylic acids is 1. The third-order valence-corrected chi connectivity index (χ3v) is 2.33. The van der Waals surface area contributed by atoms with Crippen molar-refractivity contribution < 1.29 is 4.79 Å². The highest BCUT2D eigenvalue weighted by atomic mass is 35.5. The van der Waals surface area contributed by atoms with E-state index in [2.05, 4.69) is 0 Å². The first-order valence-corrected chi connectivity index (χ1v) is 4.29. The largest absolute Gasteiger partial charge is 0.300 e. The molecule has 0 atom stereocenters. The first-order valence-electron chi connectivity index (χ1n) is 3.53. The molecule has 0 spiro atoms. The molecule has 1 aromatic rings. The van der Waals surface area contributed by atoms with Crippen molar-refractivity contribution in [1.29, 1.82) is 0 Å². The number of benzene rings is 1. The lowest BCUT2D eigenvalue weighted by atomic mass is 10.1. The molecule has 0 bridgehead atoms. The summed E-state index contributed by atoms with van der Waals surface area (Å²) < 4.78 is 0. The maximum Gasteiger partial charge on any atom is 0.134 e. The zero-order valence-corrected chi connectivity index (χ0v) is 8.12. The molecule has 3 heteroatoms. The Labute approximate surface area is 81.3 Å². The summed E-state index contributed by atoms with van der Waals surface area (Å²) >= 11 is 11.6. The van der Waals surface area contributed by atoms with Gasteiger partial charge in [0.05, 0.1) is 10.0 Å². The molecule has 0 aromatic heterocycles. The monoisotopic (exact) mass is 202 g/mol. The molecular weight excluding hydrogens is 195 g/mol. The van der Waals surface area contributed by atoms with E-state index in [0.717, 1.165) is 5.56 Å². The molecule has 1 aromatic carbocycles. The predicted octanol–water partition coefficient (Wildman–Crippen LogP) is 3.12. The van der Waals surface area contributed by atoms with Crippen LogP contribution in [0, 0.1) is 0 Å². The molecule has 1 nitrogen and oxygen atoms in total. The van der Waals surface area contributed by atoms with Gasteiger partial charge in [0.1, 0.15) is 5.78 Å². The number of carbonyl (C=O) groups is 1. The van der Waals surface area contributed by atoms with Crippen LogP contribution in [0.15, 0.2) is 18.2 Å². The van der Waals surface area contributed by atoms with Crippen molar-refractivity contribution >= 4 is 29.0 Å². The zero-order chi connectivity index (χ0) is 9.14. The lowest BCUT2D eigenvalue weighted by Gasteiger charge is -2.02. The van der Waals surface area contributed by atoms with Gasteiger partial charge in [-0.1, -0.05) is 35.3 Å². The Balaban J connectivity index is 3.00. The molecule has 0 fully saturated rings. The van der Waals surface area contributed by atoms with Crippen molar-refractivity contribution in [2.45, 2.75) is 13.3 Å². The van der Waals surface area contributed by atoms with E-state index in [9.17, 15) is 4.79 Å². The van der Waals surface area contributed by atoms with Gasteiger partial charge in [0.2, 0.25) is 0 Å². The molecule has 0 unspecified atom stereocenters. The molecule has 0 aliphatic rings.